The van der Waals surface area contributed by atoms with E-state index in [9.17, 15) is 23.1 Å². The van der Waals surface area contributed by atoms with Crippen molar-refractivity contribution >= 4 is 27.6 Å². The molecule has 206 valence electrons. The number of rotatable bonds is 10. The van der Waals surface area contributed by atoms with Crippen LogP contribution in [-0.4, -0.2) is 47.6 Å². The van der Waals surface area contributed by atoms with Gasteiger partial charge in [0.05, 0.1) is 12.0 Å². The quantitative estimate of drug-likeness (QED) is 0.287. The van der Waals surface area contributed by atoms with Crippen LogP contribution in [0.25, 0.3) is 11.1 Å². The second kappa shape index (κ2) is 10.9. The van der Waals surface area contributed by atoms with Crippen LogP contribution in [0.15, 0.2) is 107 Å². The van der Waals surface area contributed by atoms with E-state index in [1.165, 1.54) is 36.1 Å². The molecule has 0 bridgehead atoms. The van der Waals surface area contributed by atoms with Crippen LogP contribution in [0.2, 0.25) is 5.02 Å². The summed E-state index contributed by atoms with van der Waals surface area (Å²) >= 11 is 5.99. The number of carboxylic acids is 1. The molecule has 4 aromatic rings. The molecule has 1 N–H and O–H groups in total. The zero-order chi connectivity index (χ0) is 28.5. The summed E-state index contributed by atoms with van der Waals surface area (Å²) in [7, 11) is -2.93. The van der Waals surface area contributed by atoms with Crippen molar-refractivity contribution in [3.63, 3.8) is 0 Å². The second-order valence-electron chi connectivity index (χ2n) is 9.58. The molecular weight excluding hydrogens is 552 g/mol. The highest BCUT2D eigenvalue weighted by Crippen LogP contribution is 2.57. The van der Waals surface area contributed by atoms with Gasteiger partial charge < -0.3 is 14.4 Å². The third-order valence-electron chi connectivity index (χ3n) is 7.32. The number of aliphatic carboxylic acids is 1. The Morgan fingerprint density at radius 1 is 1.00 bits per heavy atom. The van der Waals surface area contributed by atoms with Gasteiger partial charge in [0.15, 0.2) is 5.75 Å². The summed E-state index contributed by atoms with van der Waals surface area (Å²) in [5, 5.41) is 11.0. The van der Waals surface area contributed by atoms with E-state index in [0.29, 0.717) is 5.02 Å². The standard InChI is InChI=1S/C30H27ClN2O6S/c1-39-27-8-5-17-32(28(27)34)18-19-33(30(29(35)36)20-26(30)23-6-3-2-4-7-23)40(37,38)25-15-11-22(12-16-25)21-9-13-24(31)14-10-21/h2-17,26H,18-20H2,1H3,(H,35,36)/t26-,30+/m0/s1. The van der Waals surface area contributed by atoms with Gasteiger partial charge in [0.2, 0.25) is 10.0 Å². The number of aromatic nitrogens is 1. The number of nitrogens with zero attached hydrogens (tertiary/aromatic N) is 2. The van der Waals surface area contributed by atoms with E-state index in [-0.39, 0.29) is 30.2 Å². The fourth-order valence-corrected chi connectivity index (χ4v) is 7.01. The van der Waals surface area contributed by atoms with E-state index < -0.39 is 33.0 Å². The Labute approximate surface area is 237 Å². The largest absolute Gasteiger partial charge is 0.491 e. The van der Waals surface area contributed by atoms with Gasteiger partial charge in [-0.15, -0.1) is 0 Å². The lowest BCUT2D eigenvalue weighted by Gasteiger charge is -2.30. The molecule has 5 rings (SSSR count). The van der Waals surface area contributed by atoms with Crippen LogP contribution in [0.3, 0.4) is 0 Å². The topological polar surface area (TPSA) is 106 Å². The minimum absolute atomic E-state index is 0.0393. The number of carbonyl (C=O) groups is 1. The first-order valence-corrected chi connectivity index (χ1v) is 14.4. The summed E-state index contributed by atoms with van der Waals surface area (Å²) in [6, 6.07) is 25.6. The van der Waals surface area contributed by atoms with Gasteiger partial charge in [-0.2, -0.15) is 4.31 Å². The molecule has 0 spiro atoms. The number of methoxy groups -OCH3 is 1. The van der Waals surface area contributed by atoms with Crippen molar-refractivity contribution in [2.45, 2.75) is 29.3 Å². The molecule has 1 heterocycles. The van der Waals surface area contributed by atoms with Crippen molar-refractivity contribution in [3.8, 4) is 16.9 Å². The summed E-state index contributed by atoms with van der Waals surface area (Å²) in [6.07, 6.45) is 1.63. The van der Waals surface area contributed by atoms with E-state index in [1.807, 2.05) is 18.2 Å². The summed E-state index contributed by atoms with van der Waals surface area (Å²) in [6.45, 7) is -0.293. The Bertz CT molecular complexity index is 1690. The lowest BCUT2D eigenvalue weighted by Crippen LogP contribution is -2.50. The molecule has 1 fully saturated rings. The molecule has 0 saturated heterocycles. The lowest BCUT2D eigenvalue weighted by atomic mass is 10.1. The minimum Gasteiger partial charge on any atom is -0.491 e. The Kier molecular flexibility index (Phi) is 7.55. The normalized spacial score (nSPS) is 18.4. The molecule has 0 unspecified atom stereocenters. The van der Waals surface area contributed by atoms with E-state index in [4.69, 9.17) is 16.3 Å². The van der Waals surface area contributed by atoms with E-state index in [1.54, 1.807) is 54.6 Å². The Morgan fingerprint density at radius 2 is 1.62 bits per heavy atom. The summed E-state index contributed by atoms with van der Waals surface area (Å²) in [5.41, 5.74) is 0.246. The Balaban J connectivity index is 1.54. The number of pyridine rings is 1. The number of hydrogen-bond acceptors (Lipinski definition) is 5. The predicted molar refractivity (Wildman–Crippen MR) is 152 cm³/mol. The van der Waals surface area contributed by atoms with Crippen LogP contribution in [0.5, 0.6) is 5.75 Å². The van der Waals surface area contributed by atoms with Crippen molar-refractivity contribution in [1.82, 2.24) is 8.87 Å². The molecule has 2 atom stereocenters. The Morgan fingerprint density at radius 3 is 2.23 bits per heavy atom. The number of ether oxygens (including phenoxy) is 1. The molecule has 8 nitrogen and oxygen atoms in total. The highest BCUT2D eigenvalue weighted by Gasteiger charge is 2.67. The first-order valence-electron chi connectivity index (χ1n) is 12.6. The van der Waals surface area contributed by atoms with Crippen molar-refractivity contribution in [2.24, 2.45) is 0 Å². The van der Waals surface area contributed by atoms with Gasteiger partial charge in [-0.3, -0.25) is 9.59 Å². The van der Waals surface area contributed by atoms with Crippen molar-refractivity contribution in [1.29, 1.82) is 0 Å². The van der Waals surface area contributed by atoms with Crippen LogP contribution >= 0.6 is 11.6 Å². The fraction of sp³-hybridized carbons (Fsp3) is 0.200. The molecule has 10 heteroatoms. The average Bonchev–Trinajstić information content (AvgIpc) is 3.72. The van der Waals surface area contributed by atoms with Gasteiger partial charge in [-0.1, -0.05) is 66.2 Å². The fourth-order valence-electron chi connectivity index (χ4n) is 5.12. The van der Waals surface area contributed by atoms with Gasteiger partial charge in [-0.25, -0.2) is 8.42 Å². The van der Waals surface area contributed by atoms with Crippen LogP contribution in [0.1, 0.15) is 17.9 Å². The zero-order valence-electron chi connectivity index (χ0n) is 21.6. The maximum atomic E-state index is 14.2. The van der Waals surface area contributed by atoms with Gasteiger partial charge in [0.1, 0.15) is 5.54 Å². The number of benzene rings is 3. The average molecular weight is 579 g/mol. The van der Waals surface area contributed by atoms with Gasteiger partial charge in [0.25, 0.3) is 5.56 Å². The monoisotopic (exact) mass is 578 g/mol. The van der Waals surface area contributed by atoms with Crippen LogP contribution in [0, 0.1) is 0 Å². The first kappa shape index (κ1) is 27.6. The molecular formula is C30H27ClN2O6S. The summed E-state index contributed by atoms with van der Waals surface area (Å²) < 4.78 is 35.8. The molecule has 1 aromatic heterocycles. The Hall–Kier alpha value is -3.92. The molecule has 1 aliphatic carbocycles. The predicted octanol–water partition coefficient (Wildman–Crippen LogP) is 4.88. The minimum atomic E-state index is -4.30. The molecule has 1 aliphatic rings. The summed E-state index contributed by atoms with van der Waals surface area (Å²) in [4.78, 5) is 25.5. The smallest absolute Gasteiger partial charge is 0.325 e. The molecule has 0 aliphatic heterocycles. The molecule has 0 amide bonds. The van der Waals surface area contributed by atoms with Crippen LogP contribution < -0.4 is 10.3 Å². The van der Waals surface area contributed by atoms with Crippen molar-refractivity contribution in [2.75, 3.05) is 13.7 Å². The zero-order valence-corrected chi connectivity index (χ0v) is 23.2. The van der Waals surface area contributed by atoms with E-state index >= 15 is 0 Å². The number of hydrogen-bond donors (Lipinski definition) is 1. The summed E-state index contributed by atoms with van der Waals surface area (Å²) in [5.74, 6) is -1.67. The molecule has 40 heavy (non-hydrogen) atoms. The lowest BCUT2D eigenvalue weighted by molar-refractivity contribution is -0.143. The second-order valence-corrected chi connectivity index (χ2v) is 11.9. The third kappa shape index (κ3) is 5.03. The van der Waals surface area contributed by atoms with E-state index in [0.717, 1.165) is 21.0 Å². The SMILES string of the molecule is COc1cccn(CCN([C@]2(C(=O)O)C[C@H]2c2ccccc2)S(=O)(=O)c2ccc(-c3ccc(Cl)cc3)cc2)c1=O. The van der Waals surface area contributed by atoms with Crippen LogP contribution in [0.4, 0.5) is 0 Å². The van der Waals surface area contributed by atoms with Gasteiger partial charge in [0, 0.05) is 30.2 Å². The van der Waals surface area contributed by atoms with Gasteiger partial charge >= 0.3 is 5.97 Å². The first-order chi connectivity index (χ1) is 19.2. The van der Waals surface area contributed by atoms with E-state index in [2.05, 4.69) is 0 Å². The maximum absolute atomic E-state index is 14.2. The number of halogens is 1. The van der Waals surface area contributed by atoms with Gasteiger partial charge in [-0.05, 0) is 59.5 Å². The van der Waals surface area contributed by atoms with Crippen molar-refractivity contribution in [3.05, 3.63) is 118 Å². The maximum Gasteiger partial charge on any atom is 0.325 e. The molecule has 0 radical (unpaired) electrons. The molecule has 1 saturated carbocycles. The highest BCUT2D eigenvalue weighted by molar-refractivity contribution is 7.89. The molecule has 3 aromatic carbocycles. The van der Waals surface area contributed by atoms with Crippen molar-refractivity contribution < 1.29 is 23.1 Å². The highest BCUT2D eigenvalue weighted by atomic mass is 35.5. The van der Waals surface area contributed by atoms with Crippen LogP contribution in [-0.2, 0) is 21.4 Å². The number of carboxylic acid groups (broad SMARTS) is 1. The third-order valence-corrected chi connectivity index (χ3v) is 9.53. The number of sulfonamides is 1.